The van der Waals surface area contributed by atoms with Crippen LogP contribution in [-0.4, -0.2) is 51.8 Å². The summed E-state index contributed by atoms with van der Waals surface area (Å²) in [5.41, 5.74) is 11.3. The van der Waals surface area contributed by atoms with Crippen molar-refractivity contribution in [3.8, 4) is 0 Å². The van der Waals surface area contributed by atoms with E-state index < -0.39 is 0 Å². The largest absolute Gasteiger partial charge is 0.384 e. The number of carbonyl (C=O) groups excluding carboxylic acids is 1. The number of H-pyrrole nitrogens is 1. The number of carbonyl (C=O) groups is 1. The van der Waals surface area contributed by atoms with Gasteiger partial charge in [0, 0.05) is 32.1 Å². The molecule has 0 spiro atoms. The van der Waals surface area contributed by atoms with Gasteiger partial charge in [0.1, 0.15) is 11.3 Å². The van der Waals surface area contributed by atoms with Crippen LogP contribution in [0, 0.1) is 0 Å². The van der Waals surface area contributed by atoms with Crippen LogP contribution in [0.2, 0.25) is 0 Å². The number of nitrogens with zero attached hydrogens (tertiary/aromatic N) is 4. The Labute approximate surface area is 186 Å². The van der Waals surface area contributed by atoms with Crippen molar-refractivity contribution in [3.63, 3.8) is 0 Å². The summed E-state index contributed by atoms with van der Waals surface area (Å²) < 4.78 is 0. The summed E-state index contributed by atoms with van der Waals surface area (Å²) in [4.78, 5) is 18.1. The molecular formula is C24H27N7O. The fourth-order valence-corrected chi connectivity index (χ4v) is 3.88. The summed E-state index contributed by atoms with van der Waals surface area (Å²) in [6.07, 6.45) is 0.839. The first-order valence-electron chi connectivity index (χ1n) is 10.6. The lowest BCUT2D eigenvalue weighted by Gasteiger charge is -2.19. The highest BCUT2D eigenvalue weighted by Crippen LogP contribution is 2.32. The molecule has 2 heterocycles. The molecule has 164 valence electrons. The number of nitrogens with two attached hydrogens (primary N) is 1. The summed E-state index contributed by atoms with van der Waals surface area (Å²) in [6, 6.07) is 19.9. The van der Waals surface area contributed by atoms with Gasteiger partial charge in [-0.25, -0.2) is 4.98 Å². The number of aromatic amines is 1. The number of fused-ring (bicyclic) bond motifs is 1. The fourth-order valence-electron chi connectivity index (χ4n) is 3.88. The Morgan fingerprint density at radius 2 is 1.91 bits per heavy atom. The molecule has 0 fully saturated rings. The molecule has 0 saturated carbocycles. The topological polar surface area (TPSA) is 113 Å². The van der Waals surface area contributed by atoms with Gasteiger partial charge in [-0.1, -0.05) is 42.5 Å². The molecule has 0 saturated heterocycles. The number of aromatic nitrogens is 4. The van der Waals surface area contributed by atoms with Crippen LogP contribution in [0.15, 0.2) is 60.7 Å². The number of hydrogen-bond donors (Lipinski definition) is 3. The van der Waals surface area contributed by atoms with Gasteiger partial charge in [-0.3, -0.25) is 4.79 Å². The van der Waals surface area contributed by atoms with Crippen LogP contribution in [0.1, 0.15) is 39.4 Å². The normalized spacial score (nSPS) is 12.1. The van der Waals surface area contributed by atoms with Crippen molar-refractivity contribution >= 4 is 22.9 Å². The Balaban J connectivity index is 1.50. The molecule has 1 atom stereocenters. The van der Waals surface area contributed by atoms with Crippen LogP contribution >= 0.6 is 0 Å². The minimum Gasteiger partial charge on any atom is -0.384 e. The average Bonchev–Trinajstić information content (AvgIpc) is 3.27. The second-order valence-electron chi connectivity index (χ2n) is 7.96. The van der Waals surface area contributed by atoms with Crippen molar-refractivity contribution in [1.29, 1.82) is 0 Å². The van der Waals surface area contributed by atoms with E-state index in [1.807, 2.05) is 48.5 Å². The molecule has 2 aromatic carbocycles. The quantitative estimate of drug-likeness (QED) is 0.371. The predicted molar refractivity (Wildman–Crippen MR) is 125 cm³/mol. The molecule has 4 aromatic rings. The maximum absolute atomic E-state index is 12.2. The second kappa shape index (κ2) is 9.57. The van der Waals surface area contributed by atoms with E-state index in [0.717, 1.165) is 29.6 Å². The Morgan fingerprint density at radius 1 is 1.09 bits per heavy atom. The Hall–Kier alpha value is -3.78. The third kappa shape index (κ3) is 4.76. The SMILES string of the molecule is CN(C)C(=O)c1cccc(CNCCC(c2ccccc2)c2cc(N)nc3n[nH]nc23)c1. The van der Waals surface area contributed by atoms with E-state index >= 15 is 0 Å². The van der Waals surface area contributed by atoms with Crippen LogP contribution in [-0.2, 0) is 6.54 Å². The minimum absolute atomic E-state index is 0.00268. The van der Waals surface area contributed by atoms with Gasteiger partial charge in [-0.15, -0.1) is 5.10 Å². The summed E-state index contributed by atoms with van der Waals surface area (Å²) in [7, 11) is 3.52. The van der Waals surface area contributed by atoms with Crippen LogP contribution < -0.4 is 11.1 Å². The lowest BCUT2D eigenvalue weighted by molar-refractivity contribution is 0.0827. The monoisotopic (exact) mass is 429 g/mol. The first-order valence-corrected chi connectivity index (χ1v) is 10.6. The Morgan fingerprint density at radius 3 is 2.69 bits per heavy atom. The van der Waals surface area contributed by atoms with E-state index in [0.29, 0.717) is 23.6 Å². The summed E-state index contributed by atoms with van der Waals surface area (Å²) in [6.45, 7) is 1.45. The van der Waals surface area contributed by atoms with Gasteiger partial charge in [-0.05, 0) is 47.9 Å². The average molecular weight is 430 g/mol. The van der Waals surface area contributed by atoms with Crippen molar-refractivity contribution < 1.29 is 4.79 Å². The van der Waals surface area contributed by atoms with Gasteiger partial charge in [0.15, 0.2) is 0 Å². The van der Waals surface area contributed by atoms with Gasteiger partial charge in [-0.2, -0.15) is 10.3 Å². The number of anilines is 1. The molecule has 8 nitrogen and oxygen atoms in total. The molecule has 32 heavy (non-hydrogen) atoms. The van der Waals surface area contributed by atoms with Gasteiger partial charge >= 0.3 is 0 Å². The number of rotatable bonds is 8. The maximum Gasteiger partial charge on any atom is 0.253 e. The molecule has 4 N–H and O–H groups in total. The molecule has 0 aliphatic carbocycles. The molecule has 0 bridgehead atoms. The van der Waals surface area contributed by atoms with Crippen LogP contribution in [0.4, 0.5) is 5.82 Å². The summed E-state index contributed by atoms with van der Waals surface area (Å²) >= 11 is 0. The number of amides is 1. The zero-order valence-electron chi connectivity index (χ0n) is 18.2. The first kappa shape index (κ1) is 21.5. The van der Waals surface area contributed by atoms with Gasteiger partial charge in [0.05, 0.1) is 0 Å². The van der Waals surface area contributed by atoms with E-state index in [1.54, 1.807) is 19.0 Å². The molecule has 1 amide bonds. The summed E-state index contributed by atoms with van der Waals surface area (Å²) in [5, 5.41) is 14.6. The molecule has 1 unspecified atom stereocenters. The smallest absolute Gasteiger partial charge is 0.253 e. The molecule has 8 heteroatoms. The first-order chi connectivity index (χ1) is 15.5. The van der Waals surface area contributed by atoms with E-state index in [9.17, 15) is 4.79 Å². The Kier molecular flexibility index (Phi) is 6.42. The standard InChI is InChI=1S/C24H27N7O/c1-31(2)24(32)18-10-6-7-16(13-18)15-26-12-11-19(17-8-4-3-5-9-17)20-14-21(25)27-23-22(20)28-30-29-23/h3-10,13-14,19,26H,11-12,15H2,1-2H3,(H3,25,27,28,29,30). The van der Waals surface area contributed by atoms with Crippen molar-refractivity contribution in [1.82, 2.24) is 30.6 Å². The number of benzene rings is 2. The molecule has 2 aromatic heterocycles. The third-order valence-corrected chi connectivity index (χ3v) is 5.44. The zero-order valence-corrected chi connectivity index (χ0v) is 18.2. The highest BCUT2D eigenvalue weighted by atomic mass is 16.2. The lowest BCUT2D eigenvalue weighted by Crippen LogP contribution is -2.22. The highest BCUT2D eigenvalue weighted by molar-refractivity contribution is 5.94. The van der Waals surface area contributed by atoms with Crippen molar-refractivity contribution in [2.75, 3.05) is 26.4 Å². The molecular weight excluding hydrogens is 402 g/mol. The summed E-state index contributed by atoms with van der Waals surface area (Å²) in [5.74, 6) is 0.517. The Bertz CT molecular complexity index is 1200. The molecule has 4 rings (SSSR count). The minimum atomic E-state index is 0.00268. The zero-order chi connectivity index (χ0) is 22.5. The predicted octanol–water partition coefficient (Wildman–Crippen LogP) is 2.95. The van der Waals surface area contributed by atoms with Crippen LogP contribution in [0.3, 0.4) is 0 Å². The van der Waals surface area contributed by atoms with Crippen LogP contribution in [0.25, 0.3) is 11.2 Å². The van der Waals surface area contributed by atoms with Gasteiger partial charge < -0.3 is 16.0 Å². The lowest BCUT2D eigenvalue weighted by atomic mass is 9.88. The van der Waals surface area contributed by atoms with Crippen molar-refractivity contribution in [3.05, 3.63) is 82.9 Å². The van der Waals surface area contributed by atoms with Crippen molar-refractivity contribution in [2.45, 2.75) is 18.9 Å². The van der Waals surface area contributed by atoms with Crippen molar-refractivity contribution in [2.24, 2.45) is 0 Å². The van der Waals surface area contributed by atoms with E-state index in [-0.39, 0.29) is 11.8 Å². The molecule has 0 aliphatic rings. The third-order valence-electron chi connectivity index (χ3n) is 5.44. The van der Waals surface area contributed by atoms with E-state index in [1.165, 1.54) is 5.56 Å². The fraction of sp³-hybridized carbons (Fsp3) is 0.250. The molecule has 0 radical (unpaired) electrons. The van der Waals surface area contributed by atoms with Crippen LogP contribution in [0.5, 0.6) is 0 Å². The van der Waals surface area contributed by atoms with E-state index in [2.05, 4.69) is 37.8 Å². The number of nitrogen functional groups attached to an aromatic ring is 1. The maximum atomic E-state index is 12.2. The highest BCUT2D eigenvalue weighted by Gasteiger charge is 2.20. The van der Waals surface area contributed by atoms with Gasteiger partial charge in [0.2, 0.25) is 5.65 Å². The number of hydrogen-bond acceptors (Lipinski definition) is 6. The number of nitrogens with one attached hydrogen (secondary N) is 2. The van der Waals surface area contributed by atoms with E-state index in [4.69, 9.17) is 5.73 Å². The molecule has 0 aliphatic heterocycles. The second-order valence-corrected chi connectivity index (χ2v) is 7.96. The number of pyridine rings is 1. The van der Waals surface area contributed by atoms with Gasteiger partial charge in [0.25, 0.3) is 5.91 Å².